The second-order valence-corrected chi connectivity index (χ2v) is 4.04. The zero-order valence-electron chi connectivity index (χ0n) is 7.92. The lowest BCUT2D eigenvalue weighted by molar-refractivity contribution is -0.125. The molecule has 1 heterocycles. The van der Waals surface area contributed by atoms with Gasteiger partial charge in [-0.3, -0.25) is 4.79 Å². The van der Waals surface area contributed by atoms with Gasteiger partial charge in [-0.15, -0.1) is 0 Å². The van der Waals surface area contributed by atoms with Crippen molar-refractivity contribution in [1.82, 2.24) is 5.32 Å². The third-order valence-corrected chi connectivity index (χ3v) is 2.88. The van der Waals surface area contributed by atoms with Crippen molar-refractivity contribution in [2.75, 3.05) is 13.2 Å². The molecule has 0 spiro atoms. The van der Waals surface area contributed by atoms with Gasteiger partial charge in [-0.1, -0.05) is 19.3 Å². The normalized spacial score (nSPS) is 28.5. The maximum atomic E-state index is 11.6. The summed E-state index contributed by atoms with van der Waals surface area (Å²) in [5.74, 6) is 0.530. The molecule has 13 heavy (non-hydrogen) atoms. The predicted molar refractivity (Wildman–Crippen MR) is 49.3 cm³/mol. The summed E-state index contributed by atoms with van der Waals surface area (Å²) in [5.41, 5.74) is 0. The summed E-state index contributed by atoms with van der Waals surface area (Å²) in [5, 5.41) is 2.95. The van der Waals surface area contributed by atoms with Gasteiger partial charge in [0, 0.05) is 12.5 Å². The van der Waals surface area contributed by atoms with Crippen LogP contribution in [-0.2, 0) is 9.53 Å². The quantitative estimate of drug-likeness (QED) is 0.665. The SMILES string of the molecule is O=C(NCC1CO1)C1CCCCC1. The number of rotatable bonds is 3. The van der Waals surface area contributed by atoms with Crippen LogP contribution in [0.4, 0.5) is 0 Å². The molecule has 1 aliphatic heterocycles. The van der Waals surface area contributed by atoms with Gasteiger partial charge in [0.1, 0.15) is 0 Å². The van der Waals surface area contributed by atoms with Gasteiger partial charge >= 0.3 is 0 Å². The highest BCUT2D eigenvalue weighted by atomic mass is 16.6. The summed E-state index contributed by atoms with van der Waals surface area (Å²) in [4.78, 5) is 11.6. The maximum Gasteiger partial charge on any atom is 0.223 e. The number of ether oxygens (including phenoxy) is 1. The number of epoxide rings is 1. The van der Waals surface area contributed by atoms with Crippen LogP contribution in [0.1, 0.15) is 32.1 Å². The van der Waals surface area contributed by atoms with E-state index in [1.54, 1.807) is 0 Å². The molecular weight excluding hydrogens is 166 g/mol. The van der Waals surface area contributed by atoms with Gasteiger partial charge in [0.25, 0.3) is 0 Å². The van der Waals surface area contributed by atoms with E-state index in [-0.39, 0.29) is 11.8 Å². The fraction of sp³-hybridized carbons (Fsp3) is 0.900. The maximum absolute atomic E-state index is 11.6. The van der Waals surface area contributed by atoms with Gasteiger partial charge in [-0.05, 0) is 12.8 Å². The average molecular weight is 183 g/mol. The van der Waals surface area contributed by atoms with E-state index >= 15 is 0 Å². The minimum absolute atomic E-state index is 0.246. The van der Waals surface area contributed by atoms with Crippen LogP contribution in [0, 0.1) is 5.92 Å². The van der Waals surface area contributed by atoms with Crippen molar-refractivity contribution in [1.29, 1.82) is 0 Å². The molecule has 1 saturated heterocycles. The Labute approximate surface area is 78.8 Å². The predicted octanol–water partition coefficient (Wildman–Crippen LogP) is 1.08. The molecule has 0 radical (unpaired) electrons. The van der Waals surface area contributed by atoms with Crippen LogP contribution >= 0.6 is 0 Å². The van der Waals surface area contributed by atoms with Crippen molar-refractivity contribution in [3.8, 4) is 0 Å². The first-order valence-electron chi connectivity index (χ1n) is 5.25. The van der Waals surface area contributed by atoms with E-state index in [9.17, 15) is 4.79 Å². The molecule has 0 aromatic rings. The molecule has 0 bridgehead atoms. The van der Waals surface area contributed by atoms with Crippen molar-refractivity contribution in [2.24, 2.45) is 5.92 Å². The first-order valence-corrected chi connectivity index (χ1v) is 5.25. The fourth-order valence-corrected chi connectivity index (χ4v) is 1.91. The molecule has 2 fully saturated rings. The Morgan fingerprint density at radius 2 is 2.00 bits per heavy atom. The average Bonchev–Trinajstić information content (AvgIpc) is 2.99. The Hall–Kier alpha value is -0.570. The molecular formula is C10H17NO2. The summed E-state index contributed by atoms with van der Waals surface area (Å²) in [6.45, 7) is 1.54. The third kappa shape index (κ3) is 2.69. The third-order valence-electron chi connectivity index (χ3n) is 2.88. The van der Waals surface area contributed by atoms with Crippen molar-refractivity contribution < 1.29 is 9.53 Å². The number of hydrogen-bond acceptors (Lipinski definition) is 2. The van der Waals surface area contributed by atoms with E-state index < -0.39 is 0 Å². The molecule has 1 amide bonds. The topological polar surface area (TPSA) is 41.6 Å². The Morgan fingerprint density at radius 3 is 2.62 bits per heavy atom. The number of nitrogens with one attached hydrogen (secondary N) is 1. The Balaban J connectivity index is 1.67. The lowest BCUT2D eigenvalue weighted by atomic mass is 9.89. The second kappa shape index (κ2) is 4.09. The van der Waals surface area contributed by atoms with E-state index in [1.807, 2.05) is 0 Å². The van der Waals surface area contributed by atoms with E-state index in [0.29, 0.717) is 6.10 Å². The molecule has 1 saturated carbocycles. The van der Waals surface area contributed by atoms with Crippen molar-refractivity contribution >= 4 is 5.91 Å². The molecule has 2 aliphatic rings. The Bertz CT molecular complexity index is 183. The van der Waals surface area contributed by atoms with Crippen LogP contribution < -0.4 is 5.32 Å². The highest BCUT2D eigenvalue weighted by Gasteiger charge is 2.25. The molecule has 3 heteroatoms. The van der Waals surface area contributed by atoms with Crippen LogP contribution in [0.15, 0.2) is 0 Å². The number of carbonyl (C=O) groups is 1. The number of carbonyl (C=O) groups excluding carboxylic acids is 1. The molecule has 3 nitrogen and oxygen atoms in total. The summed E-state index contributed by atoms with van der Waals surface area (Å²) in [6, 6.07) is 0. The first kappa shape index (κ1) is 9.00. The van der Waals surface area contributed by atoms with Gasteiger partial charge in [-0.25, -0.2) is 0 Å². The van der Waals surface area contributed by atoms with Gasteiger partial charge in [0.05, 0.1) is 12.7 Å². The van der Waals surface area contributed by atoms with Crippen LogP contribution in [0.3, 0.4) is 0 Å². The summed E-state index contributed by atoms with van der Waals surface area (Å²) >= 11 is 0. The van der Waals surface area contributed by atoms with E-state index in [4.69, 9.17) is 4.74 Å². The molecule has 0 aromatic carbocycles. The van der Waals surface area contributed by atoms with Crippen LogP contribution in [0.5, 0.6) is 0 Å². The Morgan fingerprint density at radius 1 is 1.31 bits per heavy atom. The standard InChI is InChI=1S/C10H17NO2/c12-10(11-6-9-7-13-9)8-4-2-1-3-5-8/h8-9H,1-7H2,(H,11,12). The van der Waals surface area contributed by atoms with Gasteiger partial charge in [0.15, 0.2) is 0 Å². The van der Waals surface area contributed by atoms with E-state index in [1.165, 1.54) is 19.3 Å². The minimum atomic E-state index is 0.246. The molecule has 1 unspecified atom stereocenters. The summed E-state index contributed by atoms with van der Waals surface area (Å²) in [7, 11) is 0. The molecule has 74 valence electrons. The summed E-state index contributed by atoms with van der Waals surface area (Å²) in [6.07, 6.45) is 6.22. The molecule has 2 rings (SSSR count). The van der Waals surface area contributed by atoms with Gasteiger partial charge in [0.2, 0.25) is 5.91 Å². The molecule has 0 aromatic heterocycles. The highest BCUT2D eigenvalue weighted by Crippen LogP contribution is 2.23. The number of hydrogen-bond donors (Lipinski definition) is 1. The summed E-state index contributed by atoms with van der Waals surface area (Å²) < 4.78 is 5.03. The highest BCUT2D eigenvalue weighted by molar-refractivity contribution is 5.78. The first-order chi connectivity index (χ1) is 6.36. The smallest absolute Gasteiger partial charge is 0.223 e. The zero-order chi connectivity index (χ0) is 9.10. The monoisotopic (exact) mass is 183 g/mol. The lowest BCUT2D eigenvalue weighted by Crippen LogP contribution is -2.34. The van der Waals surface area contributed by atoms with Gasteiger partial charge in [-0.2, -0.15) is 0 Å². The van der Waals surface area contributed by atoms with E-state index in [2.05, 4.69) is 5.32 Å². The lowest BCUT2D eigenvalue weighted by Gasteiger charge is -2.20. The molecule has 1 atom stereocenters. The number of amides is 1. The van der Waals surface area contributed by atoms with Crippen LogP contribution in [-0.4, -0.2) is 25.2 Å². The molecule has 1 N–H and O–H groups in total. The van der Waals surface area contributed by atoms with Crippen molar-refractivity contribution in [3.05, 3.63) is 0 Å². The van der Waals surface area contributed by atoms with Gasteiger partial charge < -0.3 is 10.1 Å². The second-order valence-electron chi connectivity index (χ2n) is 4.04. The minimum Gasteiger partial charge on any atom is -0.371 e. The largest absolute Gasteiger partial charge is 0.371 e. The van der Waals surface area contributed by atoms with Crippen LogP contribution in [0.25, 0.3) is 0 Å². The molecule has 1 aliphatic carbocycles. The Kier molecular flexibility index (Phi) is 2.83. The van der Waals surface area contributed by atoms with Crippen molar-refractivity contribution in [3.63, 3.8) is 0 Å². The van der Waals surface area contributed by atoms with Crippen LogP contribution in [0.2, 0.25) is 0 Å². The van der Waals surface area contributed by atoms with Crippen molar-refractivity contribution in [2.45, 2.75) is 38.2 Å². The fourth-order valence-electron chi connectivity index (χ4n) is 1.91. The van der Waals surface area contributed by atoms with E-state index in [0.717, 1.165) is 26.0 Å². The zero-order valence-corrected chi connectivity index (χ0v) is 7.92.